The third kappa shape index (κ3) is 2.93. The highest BCUT2D eigenvalue weighted by Gasteiger charge is 2.35. The molecule has 1 saturated heterocycles. The zero-order valence-electron chi connectivity index (χ0n) is 13.9. The lowest BCUT2D eigenvalue weighted by molar-refractivity contribution is 0.0660. The van der Waals surface area contributed by atoms with E-state index in [9.17, 15) is 9.59 Å². The minimum Gasteiger partial charge on any atom is -0.372 e. The molecule has 4 rings (SSSR count). The smallest absolute Gasteiger partial charge is 0.282 e. The first-order valence-electron chi connectivity index (χ1n) is 8.61. The molecule has 0 atom stereocenters. The lowest BCUT2D eigenvalue weighted by Crippen LogP contribution is -2.29. The van der Waals surface area contributed by atoms with Gasteiger partial charge in [0.15, 0.2) is 0 Å². The maximum absolute atomic E-state index is 12.3. The Morgan fingerprint density at radius 3 is 2.00 bits per heavy atom. The molecule has 0 radical (unpaired) electrons. The Labute approximate surface area is 146 Å². The van der Waals surface area contributed by atoms with Crippen molar-refractivity contribution < 1.29 is 9.59 Å². The zero-order valence-corrected chi connectivity index (χ0v) is 13.9. The molecule has 2 aliphatic rings. The number of hydrogen-bond acceptors (Lipinski definition) is 4. The molecule has 0 N–H and O–H groups in total. The van der Waals surface area contributed by atoms with Crippen molar-refractivity contribution in [2.24, 2.45) is 5.10 Å². The van der Waals surface area contributed by atoms with Crippen molar-refractivity contribution in [2.45, 2.75) is 19.3 Å². The number of piperidine rings is 1. The number of fused-ring (bicyclic) bond motifs is 1. The Morgan fingerprint density at radius 1 is 0.800 bits per heavy atom. The van der Waals surface area contributed by atoms with Crippen molar-refractivity contribution in [2.75, 3.05) is 18.0 Å². The molecular weight excluding hydrogens is 314 g/mol. The van der Waals surface area contributed by atoms with Gasteiger partial charge >= 0.3 is 0 Å². The van der Waals surface area contributed by atoms with Gasteiger partial charge in [0.2, 0.25) is 0 Å². The van der Waals surface area contributed by atoms with Gasteiger partial charge in [-0.05, 0) is 49.1 Å². The SMILES string of the molecule is O=C1c2ccccc2C(=O)N1/N=C\c1ccc(N2CCCCC2)cc1. The average Bonchev–Trinajstić information content (AvgIpc) is 2.92. The molecule has 0 unspecified atom stereocenters. The first-order chi connectivity index (χ1) is 12.2. The summed E-state index contributed by atoms with van der Waals surface area (Å²) in [6, 6.07) is 14.9. The van der Waals surface area contributed by atoms with Gasteiger partial charge in [-0.25, -0.2) is 0 Å². The molecule has 1 fully saturated rings. The molecular formula is C20H19N3O2. The van der Waals surface area contributed by atoms with Gasteiger partial charge < -0.3 is 4.90 Å². The van der Waals surface area contributed by atoms with Crippen molar-refractivity contribution in [1.29, 1.82) is 0 Å². The minimum absolute atomic E-state index is 0.373. The normalized spacial score (nSPS) is 17.4. The number of amides is 2. The Bertz CT molecular complexity index is 801. The van der Waals surface area contributed by atoms with Gasteiger partial charge in [0, 0.05) is 18.8 Å². The fraction of sp³-hybridized carbons (Fsp3) is 0.250. The molecule has 2 aliphatic heterocycles. The standard InChI is InChI=1S/C20H19N3O2/c24-19-17-6-2-3-7-18(17)20(25)23(19)21-14-15-8-10-16(11-9-15)22-12-4-1-5-13-22/h2-3,6-11,14H,1,4-5,12-13H2/b21-14-. The van der Waals surface area contributed by atoms with E-state index >= 15 is 0 Å². The van der Waals surface area contributed by atoms with E-state index in [-0.39, 0.29) is 11.8 Å². The number of benzene rings is 2. The van der Waals surface area contributed by atoms with Crippen LogP contribution >= 0.6 is 0 Å². The Balaban J connectivity index is 1.49. The van der Waals surface area contributed by atoms with E-state index in [1.807, 2.05) is 12.1 Å². The maximum atomic E-state index is 12.3. The molecule has 2 aromatic rings. The van der Waals surface area contributed by atoms with Crippen LogP contribution in [0, 0.1) is 0 Å². The average molecular weight is 333 g/mol. The Morgan fingerprint density at radius 2 is 1.40 bits per heavy atom. The number of carbonyl (C=O) groups excluding carboxylic acids is 2. The predicted molar refractivity (Wildman–Crippen MR) is 97.0 cm³/mol. The van der Waals surface area contributed by atoms with Crippen LogP contribution in [0.15, 0.2) is 53.6 Å². The van der Waals surface area contributed by atoms with Crippen molar-refractivity contribution in [3.8, 4) is 0 Å². The second-order valence-electron chi connectivity index (χ2n) is 6.35. The quantitative estimate of drug-likeness (QED) is 0.640. The lowest BCUT2D eigenvalue weighted by atomic mass is 10.1. The van der Waals surface area contributed by atoms with Crippen LogP contribution in [-0.2, 0) is 0 Å². The highest BCUT2D eigenvalue weighted by molar-refractivity contribution is 6.21. The first kappa shape index (κ1) is 15.6. The summed E-state index contributed by atoms with van der Waals surface area (Å²) in [6.45, 7) is 2.20. The van der Waals surface area contributed by atoms with E-state index < -0.39 is 0 Å². The zero-order chi connectivity index (χ0) is 17.2. The molecule has 2 amide bonds. The Kier molecular flexibility index (Phi) is 4.06. The van der Waals surface area contributed by atoms with E-state index in [1.54, 1.807) is 30.5 Å². The monoisotopic (exact) mass is 333 g/mol. The number of rotatable bonds is 3. The van der Waals surface area contributed by atoms with Gasteiger partial charge in [-0.15, -0.1) is 0 Å². The van der Waals surface area contributed by atoms with Crippen molar-refractivity contribution in [1.82, 2.24) is 5.01 Å². The summed E-state index contributed by atoms with van der Waals surface area (Å²) in [4.78, 5) is 26.9. The minimum atomic E-state index is -0.373. The van der Waals surface area contributed by atoms with Gasteiger partial charge in [-0.3, -0.25) is 9.59 Å². The Hall–Kier alpha value is -2.95. The molecule has 0 aliphatic carbocycles. The van der Waals surface area contributed by atoms with Gasteiger partial charge in [-0.1, -0.05) is 24.3 Å². The van der Waals surface area contributed by atoms with Crippen LogP contribution < -0.4 is 4.90 Å². The summed E-state index contributed by atoms with van der Waals surface area (Å²) < 4.78 is 0. The highest BCUT2D eigenvalue weighted by atomic mass is 16.2. The molecule has 126 valence electrons. The van der Waals surface area contributed by atoms with Crippen LogP contribution in [-0.4, -0.2) is 36.1 Å². The van der Waals surface area contributed by atoms with E-state index in [4.69, 9.17) is 0 Å². The number of hydrogen-bond donors (Lipinski definition) is 0. The van der Waals surface area contributed by atoms with Crippen molar-refractivity contribution in [3.05, 3.63) is 65.2 Å². The molecule has 5 nitrogen and oxygen atoms in total. The fourth-order valence-corrected chi connectivity index (χ4v) is 3.33. The predicted octanol–water partition coefficient (Wildman–Crippen LogP) is 3.31. The topological polar surface area (TPSA) is 53.0 Å². The molecule has 0 saturated carbocycles. The van der Waals surface area contributed by atoms with Crippen LogP contribution in [0.2, 0.25) is 0 Å². The second-order valence-corrected chi connectivity index (χ2v) is 6.35. The molecule has 0 bridgehead atoms. The van der Waals surface area contributed by atoms with Crippen LogP contribution in [0.4, 0.5) is 5.69 Å². The maximum Gasteiger partial charge on any atom is 0.282 e. The first-order valence-corrected chi connectivity index (χ1v) is 8.61. The van der Waals surface area contributed by atoms with E-state index in [0.717, 1.165) is 23.7 Å². The van der Waals surface area contributed by atoms with Crippen molar-refractivity contribution in [3.63, 3.8) is 0 Å². The van der Waals surface area contributed by atoms with Crippen LogP contribution in [0.1, 0.15) is 45.5 Å². The summed E-state index contributed by atoms with van der Waals surface area (Å²) in [7, 11) is 0. The van der Waals surface area contributed by atoms with Gasteiger partial charge in [0.05, 0.1) is 17.3 Å². The van der Waals surface area contributed by atoms with Crippen LogP contribution in [0.3, 0.4) is 0 Å². The van der Waals surface area contributed by atoms with E-state index in [2.05, 4.69) is 22.1 Å². The number of anilines is 1. The second kappa shape index (κ2) is 6.51. The summed E-state index contributed by atoms with van der Waals surface area (Å²) in [6.07, 6.45) is 5.34. The van der Waals surface area contributed by atoms with Crippen LogP contribution in [0.25, 0.3) is 0 Å². The highest BCUT2D eigenvalue weighted by Crippen LogP contribution is 2.23. The summed E-state index contributed by atoms with van der Waals surface area (Å²) in [5.41, 5.74) is 2.88. The summed E-state index contributed by atoms with van der Waals surface area (Å²) in [5, 5.41) is 5.04. The molecule has 0 spiro atoms. The third-order valence-electron chi connectivity index (χ3n) is 4.71. The van der Waals surface area contributed by atoms with Gasteiger partial charge in [0.1, 0.15) is 0 Å². The summed E-state index contributed by atoms with van der Waals surface area (Å²) in [5.74, 6) is -0.747. The molecule has 2 aromatic carbocycles. The van der Waals surface area contributed by atoms with E-state index in [1.165, 1.54) is 24.9 Å². The molecule has 0 aromatic heterocycles. The van der Waals surface area contributed by atoms with Crippen LogP contribution in [0.5, 0.6) is 0 Å². The largest absolute Gasteiger partial charge is 0.372 e. The van der Waals surface area contributed by atoms with Gasteiger partial charge in [0.25, 0.3) is 11.8 Å². The third-order valence-corrected chi connectivity index (χ3v) is 4.71. The molecule has 2 heterocycles. The summed E-state index contributed by atoms with van der Waals surface area (Å²) >= 11 is 0. The van der Waals surface area contributed by atoms with Gasteiger partial charge in [-0.2, -0.15) is 10.1 Å². The number of carbonyl (C=O) groups is 2. The van der Waals surface area contributed by atoms with E-state index in [0.29, 0.717) is 11.1 Å². The van der Waals surface area contributed by atoms with Crippen molar-refractivity contribution >= 4 is 23.7 Å². The fourth-order valence-electron chi connectivity index (χ4n) is 3.33. The number of nitrogens with zero attached hydrogens (tertiary/aromatic N) is 3. The lowest BCUT2D eigenvalue weighted by Gasteiger charge is -2.28. The number of hydrazone groups is 1. The number of imide groups is 1. The molecule has 25 heavy (non-hydrogen) atoms. The molecule has 5 heteroatoms.